The highest BCUT2D eigenvalue weighted by Gasteiger charge is 2.22. The van der Waals surface area contributed by atoms with Gasteiger partial charge in [0.05, 0.1) is 0 Å². The lowest BCUT2D eigenvalue weighted by Crippen LogP contribution is -2.33. The Morgan fingerprint density at radius 3 is 2.76 bits per heavy atom. The number of hydrogen-bond donors (Lipinski definition) is 2. The third-order valence-electron chi connectivity index (χ3n) is 3.07. The Bertz CT molecular complexity index is 402. The van der Waals surface area contributed by atoms with E-state index in [1.54, 1.807) is 18.3 Å². The quantitative estimate of drug-likeness (QED) is 0.821. The summed E-state index contributed by atoms with van der Waals surface area (Å²) < 4.78 is 0. The minimum Gasteiger partial charge on any atom is -0.480 e. The molecule has 17 heavy (non-hydrogen) atoms. The van der Waals surface area contributed by atoms with Crippen LogP contribution >= 0.6 is 0 Å². The van der Waals surface area contributed by atoms with Crippen molar-refractivity contribution in [1.29, 1.82) is 0 Å². The predicted molar refractivity (Wildman–Crippen MR) is 64.9 cm³/mol. The highest BCUT2D eigenvalue weighted by atomic mass is 16.4. The van der Waals surface area contributed by atoms with Gasteiger partial charge in [0, 0.05) is 24.8 Å². The average Bonchev–Trinajstić information content (AvgIpc) is 2.39. The van der Waals surface area contributed by atoms with Crippen LogP contribution in [-0.4, -0.2) is 29.1 Å². The summed E-state index contributed by atoms with van der Waals surface area (Å²) >= 11 is 0. The Morgan fingerprint density at radius 1 is 1.41 bits per heavy atom. The fourth-order valence-corrected chi connectivity index (χ4v) is 2.16. The smallest absolute Gasteiger partial charge is 0.325 e. The van der Waals surface area contributed by atoms with Gasteiger partial charge in [0.2, 0.25) is 0 Å². The molecule has 0 bridgehead atoms. The third kappa shape index (κ3) is 2.55. The summed E-state index contributed by atoms with van der Waals surface area (Å²) in [7, 11) is 0. The average molecular weight is 235 g/mol. The van der Waals surface area contributed by atoms with Crippen LogP contribution < -0.4 is 10.6 Å². The van der Waals surface area contributed by atoms with E-state index in [0.717, 1.165) is 31.7 Å². The van der Waals surface area contributed by atoms with Crippen LogP contribution in [0.15, 0.2) is 18.3 Å². The molecule has 1 aliphatic heterocycles. The summed E-state index contributed by atoms with van der Waals surface area (Å²) in [5.41, 5.74) is 6.28. The largest absolute Gasteiger partial charge is 0.480 e. The van der Waals surface area contributed by atoms with Gasteiger partial charge in [0.25, 0.3) is 0 Å². The highest BCUT2D eigenvalue weighted by Crippen LogP contribution is 2.25. The zero-order valence-corrected chi connectivity index (χ0v) is 9.67. The van der Waals surface area contributed by atoms with Crippen LogP contribution in [0.4, 0.5) is 5.82 Å². The second-order valence-corrected chi connectivity index (χ2v) is 4.28. The van der Waals surface area contributed by atoms with Gasteiger partial charge in [-0.15, -0.1) is 0 Å². The number of piperidine rings is 1. The van der Waals surface area contributed by atoms with Gasteiger partial charge in [-0.05, 0) is 25.3 Å². The molecule has 0 spiro atoms. The number of rotatable bonds is 3. The molecule has 0 saturated carbocycles. The molecule has 3 N–H and O–H groups in total. The van der Waals surface area contributed by atoms with Crippen molar-refractivity contribution in [3.05, 3.63) is 23.9 Å². The molecule has 0 amide bonds. The molecule has 5 heteroatoms. The van der Waals surface area contributed by atoms with E-state index in [1.165, 1.54) is 6.42 Å². The Hall–Kier alpha value is -1.62. The number of anilines is 1. The number of aliphatic carboxylic acids is 1. The van der Waals surface area contributed by atoms with Crippen LogP contribution in [-0.2, 0) is 4.79 Å². The van der Waals surface area contributed by atoms with Crippen molar-refractivity contribution in [3.63, 3.8) is 0 Å². The number of pyridine rings is 1. The molecule has 92 valence electrons. The second kappa shape index (κ2) is 5.14. The molecule has 0 aliphatic carbocycles. The zero-order valence-electron chi connectivity index (χ0n) is 9.67. The van der Waals surface area contributed by atoms with Crippen LogP contribution in [0.25, 0.3) is 0 Å². The zero-order chi connectivity index (χ0) is 12.3. The standard InChI is InChI=1S/C12H17N3O2/c13-10(12(16)17)9-5-4-6-14-11(9)15-7-2-1-3-8-15/h4-6,10H,1-3,7-8,13H2,(H,16,17). The minimum absolute atomic E-state index is 0.599. The first-order valence-corrected chi connectivity index (χ1v) is 5.88. The number of aromatic nitrogens is 1. The topological polar surface area (TPSA) is 79.5 Å². The molecule has 1 atom stereocenters. The van der Waals surface area contributed by atoms with Gasteiger partial charge >= 0.3 is 5.97 Å². The maximum Gasteiger partial charge on any atom is 0.325 e. The predicted octanol–water partition coefficient (Wildman–Crippen LogP) is 1.16. The lowest BCUT2D eigenvalue weighted by atomic mass is 10.1. The number of nitrogens with two attached hydrogens (primary N) is 1. The van der Waals surface area contributed by atoms with Crippen molar-refractivity contribution in [2.24, 2.45) is 5.73 Å². The maximum absolute atomic E-state index is 11.0. The van der Waals surface area contributed by atoms with E-state index < -0.39 is 12.0 Å². The van der Waals surface area contributed by atoms with Crippen molar-refractivity contribution in [3.8, 4) is 0 Å². The van der Waals surface area contributed by atoms with E-state index in [-0.39, 0.29) is 0 Å². The minimum atomic E-state index is -1.02. The van der Waals surface area contributed by atoms with Crippen molar-refractivity contribution in [2.45, 2.75) is 25.3 Å². The van der Waals surface area contributed by atoms with E-state index in [0.29, 0.717) is 5.56 Å². The highest BCUT2D eigenvalue weighted by molar-refractivity contribution is 5.77. The van der Waals surface area contributed by atoms with Crippen LogP contribution in [0, 0.1) is 0 Å². The fraction of sp³-hybridized carbons (Fsp3) is 0.500. The van der Waals surface area contributed by atoms with Gasteiger partial charge in [0.1, 0.15) is 11.9 Å². The summed E-state index contributed by atoms with van der Waals surface area (Å²) in [6.45, 7) is 1.85. The number of carbonyl (C=O) groups is 1. The number of carboxylic acids is 1. The first-order chi connectivity index (χ1) is 8.20. The van der Waals surface area contributed by atoms with E-state index in [9.17, 15) is 4.79 Å². The molecule has 1 aliphatic rings. The van der Waals surface area contributed by atoms with Gasteiger partial charge in [0.15, 0.2) is 0 Å². The lowest BCUT2D eigenvalue weighted by molar-refractivity contribution is -0.138. The molecular formula is C12H17N3O2. The molecule has 1 unspecified atom stereocenters. The molecule has 5 nitrogen and oxygen atoms in total. The van der Waals surface area contributed by atoms with Crippen LogP contribution in [0.1, 0.15) is 30.9 Å². The van der Waals surface area contributed by atoms with Crippen LogP contribution in [0.3, 0.4) is 0 Å². The van der Waals surface area contributed by atoms with Gasteiger partial charge in [-0.3, -0.25) is 4.79 Å². The second-order valence-electron chi connectivity index (χ2n) is 4.28. The van der Waals surface area contributed by atoms with Crippen molar-refractivity contribution in [2.75, 3.05) is 18.0 Å². The maximum atomic E-state index is 11.0. The number of nitrogens with zero attached hydrogens (tertiary/aromatic N) is 2. The first kappa shape index (κ1) is 11.9. The molecule has 1 aromatic heterocycles. The SMILES string of the molecule is NC(C(=O)O)c1cccnc1N1CCCCC1. The first-order valence-electron chi connectivity index (χ1n) is 5.88. The Kier molecular flexibility index (Phi) is 3.58. The van der Waals surface area contributed by atoms with Gasteiger partial charge in [-0.1, -0.05) is 6.07 Å². The van der Waals surface area contributed by atoms with E-state index in [2.05, 4.69) is 9.88 Å². The summed E-state index contributed by atoms with van der Waals surface area (Å²) in [6.07, 6.45) is 5.16. The summed E-state index contributed by atoms with van der Waals surface area (Å²) in [5, 5.41) is 8.99. The van der Waals surface area contributed by atoms with Crippen molar-refractivity contribution in [1.82, 2.24) is 4.98 Å². The van der Waals surface area contributed by atoms with Crippen LogP contribution in [0.2, 0.25) is 0 Å². The molecule has 2 heterocycles. The number of hydrogen-bond acceptors (Lipinski definition) is 4. The van der Waals surface area contributed by atoms with E-state index >= 15 is 0 Å². The molecule has 1 saturated heterocycles. The lowest BCUT2D eigenvalue weighted by Gasteiger charge is -2.30. The monoisotopic (exact) mass is 235 g/mol. The molecule has 0 aromatic carbocycles. The molecule has 1 fully saturated rings. The fourth-order valence-electron chi connectivity index (χ4n) is 2.16. The van der Waals surface area contributed by atoms with Gasteiger partial charge < -0.3 is 15.7 Å². The molecule has 0 radical (unpaired) electrons. The Labute approximate surface area is 100 Å². The third-order valence-corrected chi connectivity index (χ3v) is 3.07. The van der Waals surface area contributed by atoms with Crippen molar-refractivity contribution >= 4 is 11.8 Å². The summed E-state index contributed by atoms with van der Waals surface area (Å²) in [5.74, 6) is -0.293. The number of carboxylic acid groups (broad SMARTS) is 1. The summed E-state index contributed by atoms with van der Waals surface area (Å²) in [4.78, 5) is 17.4. The van der Waals surface area contributed by atoms with Crippen LogP contribution in [0.5, 0.6) is 0 Å². The van der Waals surface area contributed by atoms with E-state index in [4.69, 9.17) is 10.8 Å². The Balaban J connectivity index is 2.29. The van der Waals surface area contributed by atoms with Crippen molar-refractivity contribution < 1.29 is 9.90 Å². The molecular weight excluding hydrogens is 218 g/mol. The van der Waals surface area contributed by atoms with Gasteiger partial charge in [-0.25, -0.2) is 4.98 Å². The molecule has 1 aromatic rings. The Morgan fingerprint density at radius 2 is 2.12 bits per heavy atom. The van der Waals surface area contributed by atoms with E-state index in [1.807, 2.05) is 0 Å². The summed E-state index contributed by atoms with van der Waals surface area (Å²) in [6, 6.07) is 2.47. The molecule has 2 rings (SSSR count). The van der Waals surface area contributed by atoms with Gasteiger partial charge in [-0.2, -0.15) is 0 Å². The normalized spacial score (nSPS) is 17.8.